The number of pyridine rings is 1. The zero-order valence-electron chi connectivity index (χ0n) is 19.5. The molecule has 0 aliphatic rings. The van der Waals surface area contributed by atoms with Gasteiger partial charge in [0.1, 0.15) is 11.3 Å². The summed E-state index contributed by atoms with van der Waals surface area (Å²) in [4.78, 5) is 17.7. The molecule has 0 aliphatic carbocycles. The Hall–Kier alpha value is -3.75. The first-order chi connectivity index (χ1) is 16.4. The first kappa shape index (κ1) is 23.4. The molecular formula is C26H28N4O4. The minimum Gasteiger partial charge on any atom is -0.494 e. The van der Waals surface area contributed by atoms with Crippen molar-refractivity contribution in [2.75, 3.05) is 32.1 Å². The van der Waals surface area contributed by atoms with Gasteiger partial charge in [-0.3, -0.25) is 10.1 Å². The highest BCUT2D eigenvalue weighted by molar-refractivity contribution is 6.10. The summed E-state index contributed by atoms with van der Waals surface area (Å²) in [6, 6.07) is 18.0. The summed E-state index contributed by atoms with van der Waals surface area (Å²) in [6.07, 6.45) is -0.568. The molecule has 1 aromatic heterocycles. The van der Waals surface area contributed by atoms with Gasteiger partial charge in [-0.25, -0.2) is 4.98 Å². The number of aliphatic hydroxyl groups is 1. The molecule has 4 rings (SSSR count). The van der Waals surface area contributed by atoms with E-state index in [1.807, 2.05) is 42.5 Å². The fraction of sp³-hybridized carbons (Fsp3) is 0.269. The second-order valence-electron chi connectivity index (χ2n) is 8.05. The maximum atomic E-state index is 11.3. The third-order valence-corrected chi connectivity index (χ3v) is 6.07. The molecular weight excluding hydrogens is 432 g/mol. The van der Waals surface area contributed by atoms with E-state index in [9.17, 15) is 15.2 Å². The van der Waals surface area contributed by atoms with Crippen molar-refractivity contribution < 1.29 is 14.8 Å². The summed E-state index contributed by atoms with van der Waals surface area (Å²) < 4.78 is 5.50. The number of ether oxygens (including phenoxy) is 1. The number of nitro benzene ring substituents is 1. The van der Waals surface area contributed by atoms with Gasteiger partial charge in [0, 0.05) is 35.1 Å². The lowest BCUT2D eigenvalue weighted by atomic mass is 10.1. The number of hydrogen-bond acceptors (Lipinski definition) is 7. The number of anilines is 2. The molecule has 0 amide bonds. The normalized spacial score (nSPS) is 12.3. The van der Waals surface area contributed by atoms with E-state index in [4.69, 9.17) is 4.74 Å². The Morgan fingerprint density at radius 3 is 2.47 bits per heavy atom. The molecule has 0 bridgehead atoms. The minimum atomic E-state index is -0.568. The van der Waals surface area contributed by atoms with E-state index in [-0.39, 0.29) is 5.69 Å². The average molecular weight is 461 g/mol. The molecule has 176 valence electrons. The van der Waals surface area contributed by atoms with E-state index in [2.05, 4.69) is 29.0 Å². The second kappa shape index (κ2) is 10.0. The molecule has 2 N–H and O–H groups in total. The van der Waals surface area contributed by atoms with Crippen molar-refractivity contribution in [3.05, 3.63) is 76.3 Å². The Labute approximate surface area is 197 Å². The maximum absolute atomic E-state index is 11.3. The molecule has 0 saturated carbocycles. The Morgan fingerprint density at radius 2 is 1.82 bits per heavy atom. The van der Waals surface area contributed by atoms with Crippen LogP contribution in [-0.4, -0.2) is 46.7 Å². The maximum Gasteiger partial charge on any atom is 0.271 e. The highest BCUT2D eigenvalue weighted by Gasteiger charge is 2.16. The Kier molecular flexibility index (Phi) is 6.90. The third-order valence-electron chi connectivity index (χ3n) is 6.07. The van der Waals surface area contributed by atoms with E-state index in [1.54, 1.807) is 13.2 Å². The lowest BCUT2D eigenvalue weighted by molar-refractivity contribution is -0.384. The van der Waals surface area contributed by atoms with Gasteiger partial charge < -0.3 is 20.1 Å². The van der Waals surface area contributed by atoms with Crippen LogP contribution in [0.1, 0.15) is 25.5 Å². The number of nitrogens with zero attached hydrogens (tertiary/aromatic N) is 3. The number of aliphatic hydroxyl groups excluding tert-OH is 1. The van der Waals surface area contributed by atoms with Crippen LogP contribution in [0.25, 0.3) is 21.8 Å². The summed E-state index contributed by atoms with van der Waals surface area (Å²) in [6.45, 7) is 6.51. The Bertz CT molecular complexity index is 1320. The number of benzene rings is 3. The van der Waals surface area contributed by atoms with Crippen LogP contribution in [-0.2, 0) is 0 Å². The van der Waals surface area contributed by atoms with Crippen molar-refractivity contribution in [3.8, 4) is 5.75 Å². The van der Waals surface area contributed by atoms with Gasteiger partial charge in [0.05, 0.1) is 29.3 Å². The van der Waals surface area contributed by atoms with Crippen LogP contribution in [0.3, 0.4) is 0 Å². The van der Waals surface area contributed by atoms with Gasteiger partial charge in [-0.2, -0.15) is 0 Å². The topological polar surface area (TPSA) is 101 Å². The van der Waals surface area contributed by atoms with Crippen molar-refractivity contribution in [1.82, 2.24) is 9.88 Å². The fourth-order valence-corrected chi connectivity index (χ4v) is 4.11. The molecule has 0 fully saturated rings. The molecule has 0 spiro atoms. The van der Waals surface area contributed by atoms with Gasteiger partial charge in [0.25, 0.3) is 5.69 Å². The van der Waals surface area contributed by atoms with Crippen LogP contribution in [0.2, 0.25) is 0 Å². The van der Waals surface area contributed by atoms with E-state index in [0.29, 0.717) is 23.3 Å². The molecule has 0 radical (unpaired) electrons. The SMILES string of the molecule is CCN(CC)CC(O)c1ccc(Nc2c3ccc([N+](=O)[O-])cc3nc3c(OC)cccc23)cc1. The van der Waals surface area contributed by atoms with E-state index in [0.717, 1.165) is 40.8 Å². The van der Waals surface area contributed by atoms with Crippen molar-refractivity contribution in [2.45, 2.75) is 20.0 Å². The number of fused-ring (bicyclic) bond motifs is 2. The van der Waals surface area contributed by atoms with Crippen LogP contribution < -0.4 is 10.1 Å². The number of nitro groups is 1. The van der Waals surface area contributed by atoms with Crippen molar-refractivity contribution in [2.24, 2.45) is 0 Å². The first-order valence-electron chi connectivity index (χ1n) is 11.3. The average Bonchev–Trinajstić information content (AvgIpc) is 2.86. The minimum absolute atomic E-state index is 0.0215. The predicted molar refractivity (Wildman–Crippen MR) is 135 cm³/mol. The Morgan fingerprint density at radius 1 is 1.09 bits per heavy atom. The number of para-hydroxylation sites is 1. The summed E-state index contributed by atoms with van der Waals surface area (Å²) >= 11 is 0. The zero-order valence-corrected chi connectivity index (χ0v) is 19.5. The molecule has 8 nitrogen and oxygen atoms in total. The zero-order chi connectivity index (χ0) is 24.2. The summed E-state index contributed by atoms with van der Waals surface area (Å²) in [5, 5.41) is 27.0. The van der Waals surface area contributed by atoms with Crippen LogP contribution in [0.15, 0.2) is 60.7 Å². The van der Waals surface area contributed by atoms with Gasteiger partial charge in [0.2, 0.25) is 0 Å². The van der Waals surface area contributed by atoms with Crippen LogP contribution in [0.4, 0.5) is 17.1 Å². The number of non-ortho nitro benzene ring substituents is 1. The standard InChI is InChI=1S/C26H28N4O4/c1-4-29(5-2)16-23(31)17-9-11-18(12-10-17)27-25-20-14-13-19(30(32)33)15-22(20)28-26-21(25)7-6-8-24(26)34-3/h6-15,23,31H,4-5,16H2,1-3H3,(H,27,28). The van der Waals surface area contributed by atoms with E-state index in [1.165, 1.54) is 12.1 Å². The van der Waals surface area contributed by atoms with Crippen LogP contribution in [0.5, 0.6) is 5.75 Å². The smallest absolute Gasteiger partial charge is 0.271 e. The molecule has 3 aromatic carbocycles. The number of rotatable bonds is 9. The monoisotopic (exact) mass is 460 g/mol. The summed E-state index contributed by atoms with van der Waals surface area (Å²) in [7, 11) is 1.57. The lowest BCUT2D eigenvalue weighted by Gasteiger charge is -2.22. The number of nitrogens with one attached hydrogen (secondary N) is 1. The number of methoxy groups -OCH3 is 1. The second-order valence-corrected chi connectivity index (χ2v) is 8.05. The molecule has 0 saturated heterocycles. The van der Waals surface area contributed by atoms with Gasteiger partial charge in [-0.1, -0.05) is 38.1 Å². The van der Waals surface area contributed by atoms with Crippen molar-refractivity contribution in [3.63, 3.8) is 0 Å². The highest BCUT2D eigenvalue weighted by Crippen LogP contribution is 2.37. The third kappa shape index (κ3) is 4.64. The molecule has 1 atom stereocenters. The lowest BCUT2D eigenvalue weighted by Crippen LogP contribution is -2.28. The highest BCUT2D eigenvalue weighted by atomic mass is 16.6. The number of hydrogen-bond donors (Lipinski definition) is 2. The Balaban J connectivity index is 1.75. The van der Waals surface area contributed by atoms with Gasteiger partial charge in [-0.15, -0.1) is 0 Å². The summed E-state index contributed by atoms with van der Waals surface area (Å²) in [5.74, 6) is 0.587. The summed E-state index contributed by atoms with van der Waals surface area (Å²) in [5.41, 5.74) is 3.55. The number of aromatic nitrogens is 1. The number of likely N-dealkylation sites (N-methyl/N-ethyl adjacent to an activating group) is 1. The molecule has 4 aromatic rings. The van der Waals surface area contributed by atoms with Gasteiger partial charge in [0.15, 0.2) is 0 Å². The molecule has 1 heterocycles. The first-order valence-corrected chi connectivity index (χ1v) is 11.3. The van der Waals surface area contributed by atoms with Crippen LogP contribution >= 0.6 is 0 Å². The fourth-order valence-electron chi connectivity index (χ4n) is 4.11. The van der Waals surface area contributed by atoms with Gasteiger partial charge in [-0.05, 0) is 42.9 Å². The van der Waals surface area contributed by atoms with Crippen molar-refractivity contribution in [1.29, 1.82) is 0 Å². The van der Waals surface area contributed by atoms with E-state index < -0.39 is 11.0 Å². The van der Waals surface area contributed by atoms with E-state index >= 15 is 0 Å². The molecule has 0 aliphatic heterocycles. The molecule has 1 unspecified atom stereocenters. The largest absolute Gasteiger partial charge is 0.494 e. The van der Waals surface area contributed by atoms with Crippen molar-refractivity contribution >= 4 is 38.9 Å². The molecule has 8 heteroatoms. The molecule has 34 heavy (non-hydrogen) atoms. The van der Waals surface area contributed by atoms with Gasteiger partial charge >= 0.3 is 0 Å². The quantitative estimate of drug-likeness (QED) is 0.195. The van der Waals surface area contributed by atoms with Crippen LogP contribution in [0, 0.1) is 10.1 Å². The predicted octanol–water partition coefficient (Wildman–Crippen LogP) is 5.42.